The number of rotatable bonds is 4. The van der Waals surface area contributed by atoms with Gasteiger partial charge in [-0.25, -0.2) is 19.3 Å². The van der Waals surface area contributed by atoms with Crippen LogP contribution in [0.3, 0.4) is 0 Å². The zero-order chi connectivity index (χ0) is 18.2. The third-order valence-electron chi connectivity index (χ3n) is 5.15. The SMILES string of the molecule is Fc1ccc2c(c1)ncn2CCN1CCN(c2ncnc3sccc23)CC1. The third-order valence-corrected chi connectivity index (χ3v) is 5.97. The fourth-order valence-electron chi connectivity index (χ4n) is 3.68. The summed E-state index contributed by atoms with van der Waals surface area (Å²) in [6.45, 7) is 5.71. The molecule has 1 aliphatic rings. The molecule has 0 unspecified atom stereocenters. The van der Waals surface area contributed by atoms with E-state index in [0.29, 0.717) is 5.52 Å². The average Bonchev–Trinajstić information content (AvgIpc) is 3.33. The van der Waals surface area contributed by atoms with Gasteiger partial charge in [-0.1, -0.05) is 0 Å². The normalized spacial score (nSPS) is 15.8. The fourth-order valence-corrected chi connectivity index (χ4v) is 4.40. The predicted molar refractivity (Wildman–Crippen MR) is 106 cm³/mol. The van der Waals surface area contributed by atoms with Crippen molar-refractivity contribution in [3.05, 3.63) is 48.1 Å². The molecule has 0 spiro atoms. The summed E-state index contributed by atoms with van der Waals surface area (Å²) in [5.74, 6) is 0.803. The molecule has 3 aromatic heterocycles. The van der Waals surface area contributed by atoms with Crippen LogP contribution in [0, 0.1) is 5.82 Å². The summed E-state index contributed by atoms with van der Waals surface area (Å²) in [7, 11) is 0. The molecule has 1 aliphatic heterocycles. The number of nitrogens with zero attached hydrogens (tertiary/aromatic N) is 6. The molecule has 8 heteroatoms. The molecule has 1 fully saturated rings. The topological polar surface area (TPSA) is 50.1 Å². The fraction of sp³-hybridized carbons (Fsp3) is 0.316. The number of hydrogen-bond acceptors (Lipinski definition) is 6. The smallest absolute Gasteiger partial charge is 0.140 e. The number of piperazine rings is 1. The molecular weight excluding hydrogens is 363 g/mol. The standard InChI is InChI=1S/C19H19FN6S/c20-14-1-2-17-16(11-14)23-13-26(17)9-6-24-4-7-25(8-5-24)18-15-3-10-27-19(15)22-12-21-18/h1-3,10-13H,4-9H2. The summed E-state index contributed by atoms with van der Waals surface area (Å²) in [5, 5.41) is 3.22. The van der Waals surface area contributed by atoms with Gasteiger partial charge < -0.3 is 9.47 Å². The van der Waals surface area contributed by atoms with Gasteiger partial charge in [0.15, 0.2) is 0 Å². The number of imidazole rings is 1. The molecule has 0 amide bonds. The molecule has 5 rings (SSSR count). The van der Waals surface area contributed by atoms with E-state index in [-0.39, 0.29) is 5.82 Å². The van der Waals surface area contributed by atoms with Crippen molar-refractivity contribution in [2.24, 2.45) is 0 Å². The Labute approximate surface area is 159 Å². The first-order chi connectivity index (χ1) is 13.3. The lowest BCUT2D eigenvalue weighted by Gasteiger charge is -2.35. The van der Waals surface area contributed by atoms with Crippen LogP contribution in [-0.2, 0) is 6.54 Å². The molecule has 0 bridgehead atoms. The Morgan fingerprint density at radius 2 is 1.89 bits per heavy atom. The molecule has 1 aromatic carbocycles. The average molecular weight is 382 g/mol. The zero-order valence-electron chi connectivity index (χ0n) is 14.8. The molecule has 0 aliphatic carbocycles. The van der Waals surface area contributed by atoms with Crippen LogP contribution in [0.5, 0.6) is 0 Å². The Balaban J connectivity index is 1.22. The molecule has 4 aromatic rings. The molecular formula is C19H19FN6S. The van der Waals surface area contributed by atoms with Crippen molar-refractivity contribution in [2.75, 3.05) is 37.6 Å². The van der Waals surface area contributed by atoms with Gasteiger partial charge in [0.2, 0.25) is 0 Å². The molecule has 0 atom stereocenters. The molecule has 0 saturated carbocycles. The number of hydrogen-bond donors (Lipinski definition) is 0. The Kier molecular flexibility index (Phi) is 4.21. The van der Waals surface area contributed by atoms with E-state index >= 15 is 0 Å². The Hall–Kier alpha value is -2.58. The van der Waals surface area contributed by atoms with Crippen LogP contribution >= 0.6 is 11.3 Å². The van der Waals surface area contributed by atoms with Crippen molar-refractivity contribution >= 4 is 38.4 Å². The second-order valence-electron chi connectivity index (χ2n) is 6.74. The largest absolute Gasteiger partial charge is 0.353 e. The molecule has 0 radical (unpaired) electrons. The lowest BCUT2D eigenvalue weighted by Crippen LogP contribution is -2.47. The van der Waals surface area contributed by atoms with E-state index in [9.17, 15) is 4.39 Å². The maximum Gasteiger partial charge on any atom is 0.140 e. The number of aromatic nitrogens is 4. The quantitative estimate of drug-likeness (QED) is 0.543. The van der Waals surface area contributed by atoms with E-state index in [1.807, 2.05) is 0 Å². The highest BCUT2D eigenvalue weighted by atomic mass is 32.1. The Bertz CT molecular complexity index is 1080. The minimum absolute atomic E-state index is 0.242. The van der Waals surface area contributed by atoms with E-state index in [4.69, 9.17) is 0 Å². The van der Waals surface area contributed by atoms with Crippen molar-refractivity contribution < 1.29 is 4.39 Å². The van der Waals surface area contributed by atoms with Crippen molar-refractivity contribution in [3.8, 4) is 0 Å². The van der Waals surface area contributed by atoms with Gasteiger partial charge in [0.25, 0.3) is 0 Å². The van der Waals surface area contributed by atoms with Crippen LogP contribution in [0.1, 0.15) is 0 Å². The highest BCUT2D eigenvalue weighted by molar-refractivity contribution is 7.16. The number of halogens is 1. The van der Waals surface area contributed by atoms with Gasteiger partial charge in [-0.3, -0.25) is 4.90 Å². The van der Waals surface area contributed by atoms with E-state index in [2.05, 4.69) is 40.8 Å². The summed E-state index contributed by atoms with van der Waals surface area (Å²) in [4.78, 5) is 19.0. The lowest BCUT2D eigenvalue weighted by atomic mass is 10.2. The second-order valence-corrected chi connectivity index (χ2v) is 7.63. The van der Waals surface area contributed by atoms with Crippen LogP contribution in [0.2, 0.25) is 0 Å². The number of benzene rings is 1. The number of anilines is 1. The summed E-state index contributed by atoms with van der Waals surface area (Å²) in [6.07, 6.45) is 3.46. The summed E-state index contributed by atoms with van der Waals surface area (Å²) in [6, 6.07) is 6.88. The number of fused-ring (bicyclic) bond motifs is 2. The first-order valence-electron chi connectivity index (χ1n) is 9.04. The molecule has 1 saturated heterocycles. The van der Waals surface area contributed by atoms with Crippen LogP contribution in [0.4, 0.5) is 10.2 Å². The summed E-state index contributed by atoms with van der Waals surface area (Å²) < 4.78 is 15.4. The van der Waals surface area contributed by atoms with Crippen molar-refractivity contribution in [2.45, 2.75) is 6.54 Å². The van der Waals surface area contributed by atoms with E-state index in [1.54, 1.807) is 30.1 Å². The van der Waals surface area contributed by atoms with E-state index in [0.717, 1.165) is 60.8 Å². The van der Waals surface area contributed by atoms with Gasteiger partial charge in [0.1, 0.15) is 22.8 Å². The van der Waals surface area contributed by atoms with E-state index < -0.39 is 0 Å². The molecule has 4 heterocycles. The van der Waals surface area contributed by atoms with E-state index in [1.165, 1.54) is 12.1 Å². The zero-order valence-corrected chi connectivity index (χ0v) is 15.6. The second kappa shape index (κ2) is 6.86. The highest BCUT2D eigenvalue weighted by Gasteiger charge is 2.20. The minimum atomic E-state index is -0.242. The Morgan fingerprint density at radius 3 is 2.78 bits per heavy atom. The summed E-state index contributed by atoms with van der Waals surface area (Å²) in [5.41, 5.74) is 1.69. The van der Waals surface area contributed by atoms with Crippen molar-refractivity contribution in [1.29, 1.82) is 0 Å². The number of thiophene rings is 1. The van der Waals surface area contributed by atoms with Gasteiger partial charge >= 0.3 is 0 Å². The van der Waals surface area contributed by atoms with Gasteiger partial charge in [0.05, 0.1) is 22.7 Å². The first kappa shape index (κ1) is 16.6. The molecule has 6 nitrogen and oxygen atoms in total. The molecule has 138 valence electrons. The third kappa shape index (κ3) is 3.15. The summed E-state index contributed by atoms with van der Waals surface area (Å²) >= 11 is 1.65. The predicted octanol–water partition coefficient (Wildman–Crippen LogP) is 3.00. The molecule has 0 N–H and O–H groups in total. The van der Waals surface area contributed by atoms with Crippen LogP contribution in [0.15, 0.2) is 42.3 Å². The van der Waals surface area contributed by atoms with Gasteiger partial charge in [-0.15, -0.1) is 11.3 Å². The highest BCUT2D eigenvalue weighted by Crippen LogP contribution is 2.27. The Morgan fingerprint density at radius 1 is 1.00 bits per heavy atom. The first-order valence-corrected chi connectivity index (χ1v) is 9.92. The maximum atomic E-state index is 13.3. The van der Waals surface area contributed by atoms with Crippen molar-refractivity contribution in [1.82, 2.24) is 24.4 Å². The minimum Gasteiger partial charge on any atom is -0.353 e. The maximum absolute atomic E-state index is 13.3. The van der Waals surface area contributed by atoms with Crippen LogP contribution in [-0.4, -0.2) is 57.1 Å². The van der Waals surface area contributed by atoms with Gasteiger partial charge in [-0.2, -0.15) is 0 Å². The van der Waals surface area contributed by atoms with Crippen LogP contribution in [0.25, 0.3) is 21.3 Å². The molecule has 27 heavy (non-hydrogen) atoms. The van der Waals surface area contributed by atoms with Crippen LogP contribution < -0.4 is 4.90 Å². The van der Waals surface area contributed by atoms with Gasteiger partial charge in [-0.05, 0) is 23.6 Å². The van der Waals surface area contributed by atoms with Gasteiger partial charge in [0, 0.05) is 45.3 Å². The monoisotopic (exact) mass is 382 g/mol. The van der Waals surface area contributed by atoms with Crippen molar-refractivity contribution in [3.63, 3.8) is 0 Å². The lowest BCUT2D eigenvalue weighted by molar-refractivity contribution is 0.249.